The van der Waals surface area contributed by atoms with Crippen LogP contribution in [0.25, 0.3) is 111 Å². The lowest BCUT2D eigenvalue weighted by Gasteiger charge is -2.11. The molecule has 0 saturated carbocycles. The maximum absolute atomic E-state index is 8.81. The molecule has 0 aliphatic rings. The standard InChI is InChI=1S/C47H27N3O2/c1-2-13-29(14-3-1)45-48-46(50-47(49-45)36-21-11-23-41-44(36)35-19-8-9-22-39(35)51-41)30-24-25-40-38(26-30)43-34-18-7-6-17-33(34)37(27-42(43)52-40)32-20-10-15-28-12-4-5-16-31(28)32/h1-27H/i1D,2D,3D,13D,14D. The van der Waals surface area contributed by atoms with Crippen molar-refractivity contribution in [2.75, 3.05) is 0 Å². The molecule has 0 spiro atoms. The van der Waals surface area contributed by atoms with Gasteiger partial charge in [0, 0.05) is 38.2 Å². The van der Waals surface area contributed by atoms with Crippen LogP contribution in [0.1, 0.15) is 6.85 Å². The smallest absolute Gasteiger partial charge is 0.164 e. The first-order valence-electron chi connectivity index (χ1n) is 19.4. The quantitative estimate of drug-likeness (QED) is 0.186. The summed E-state index contributed by atoms with van der Waals surface area (Å²) in [5, 5.41) is 7.90. The highest BCUT2D eigenvalue weighted by Crippen LogP contribution is 2.43. The van der Waals surface area contributed by atoms with Gasteiger partial charge in [0.05, 0.1) is 6.85 Å². The molecule has 8 aromatic carbocycles. The summed E-state index contributed by atoms with van der Waals surface area (Å²) in [6, 6.07) is 42.0. The van der Waals surface area contributed by atoms with Crippen molar-refractivity contribution < 1.29 is 15.7 Å². The molecule has 0 radical (unpaired) electrons. The van der Waals surface area contributed by atoms with Gasteiger partial charge in [-0.15, -0.1) is 0 Å². The van der Waals surface area contributed by atoms with Crippen molar-refractivity contribution in [3.63, 3.8) is 0 Å². The van der Waals surface area contributed by atoms with E-state index in [2.05, 4.69) is 54.6 Å². The van der Waals surface area contributed by atoms with Gasteiger partial charge in [0.1, 0.15) is 22.3 Å². The Labute approximate surface area is 304 Å². The molecule has 52 heavy (non-hydrogen) atoms. The van der Waals surface area contributed by atoms with Crippen molar-refractivity contribution in [3.8, 4) is 45.3 Å². The number of furan rings is 2. The predicted octanol–water partition coefficient (Wildman–Crippen LogP) is 12.6. The molecular weight excluding hydrogens is 639 g/mol. The Morgan fingerprint density at radius 1 is 0.385 bits per heavy atom. The highest BCUT2D eigenvalue weighted by molar-refractivity contribution is 6.23. The van der Waals surface area contributed by atoms with Crippen LogP contribution in [0.3, 0.4) is 0 Å². The molecule has 0 bridgehead atoms. The molecule has 11 aromatic rings. The first kappa shape index (κ1) is 24.1. The van der Waals surface area contributed by atoms with E-state index in [1.54, 1.807) is 0 Å². The third-order valence-corrected chi connectivity index (χ3v) is 9.82. The minimum atomic E-state index is -0.494. The molecule has 5 heteroatoms. The lowest BCUT2D eigenvalue weighted by atomic mass is 9.92. The largest absolute Gasteiger partial charge is 0.456 e. The number of benzene rings is 8. The molecule has 0 saturated heterocycles. The van der Waals surface area contributed by atoms with E-state index in [1.807, 2.05) is 78.9 Å². The van der Waals surface area contributed by atoms with Gasteiger partial charge >= 0.3 is 0 Å². The Morgan fingerprint density at radius 2 is 1.02 bits per heavy atom. The van der Waals surface area contributed by atoms with Crippen LogP contribution < -0.4 is 0 Å². The van der Waals surface area contributed by atoms with Crippen molar-refractivity contribution >= 4 is 65.4 Å². The Hall–Kier alpha value is -7.11. The molecule has 0 atom stereocenters. The van der Waals surface area contributed by atoms with Crippen LogP contribution in [-0.2, 0) is 0 Å². The molecule has 242 valence electrons. The lowest BCUT2D eigenvalue weighted by molar-refractivity contribution is 0.668. The summed E-state index contributed by atoms with van der Waals surface area (Å²) in [6.07, 6.45) is 0. The van der Waals surface area contributed by atoms with Crippen molar-refractivity contribution in [3.05, 3.63) is 164 Å². The highest BCUT2D eigenvalue weighted by atomic mass is 16.3. The van der Waals surface area contributed by atoms with Gasteiger partial charge in [-0.1, -0.05) is 127 Å². The summed E-state index contributed by atoms with van der Waals surface area (Å²) in [5.41, 5.74) is 6.12. The minimum absolute atomic E-state index is 0.0425. The fraction of sp³-hybridized carbons (Fsp3) is 0. The van der Waals surface area contributed by atoms with Crippen LogP contribution in [0.15, 0.2) is 173 Å². The molecule has 0 N–H and O–H groups in total. The van der Waals surface area contributed by atoms with E-state index in [0.29, 0.717) is 27.9 Å². The fourth-order valence-electron chi connectivity index (χ4n) is 7.52. The van der Waals surface area contributed by atoms with Crippen molar-refractivity contribution in [2.45, 2.75) is 0 Å². The summed E-state index contributed by atoms with van der Waals surface area (Å²) < 4.78 is 55.5. The minimum Gasteiger partial charge on any atom is -0.456 e. The van der Waals surface area contributed by atoms with Gasteiger partial charge in [-0.3, -0.25) is 0 Å². The molecule has 0 aliphatic carbocycles. The van der Waals surface area contributed by atoms with Crippen molar-refractivity contribution in [2.24, 2.45) is 0 Å². The summed E-state index contributed by atoms with van der Waals surface area (Å²) >= 11 is 0. The third-order valence-electron chi connectivity index (χ3n) is 9.82. The summed E-state index contributed by atoms with van der Waals surface area (Å²) in [5.74, 6) is 0.486. The van der Waals surface area contributed by atoms with E-state index in [9.17, 15) is 0 Å². The number of nitrogens with zero attached hydrogens (tertiary/aromatic N) is 3. The van der Waals surface area contributed by atoms with Crippen LogP contribution >= 0.6 is 0 Å². The molecular formula is C47H27N3O2. The SMILES string of the molecule is [2H]c1c([2H])c([2H])c(-c2nc(-c3ccc4oc5cc(-c6cccc7ccccc67)c6ccccc6c5c4c3)nc(-c3cccc4oc5ccccc5c34)n2)c([2H])c1[2H]. The monoisotopic (exact) mass is 670 g/mol. The lowest BCUT2D eigenvalue weighted by Crippen LogP contribution is -2.00. The van der Waals surface area contributed by atoms with Crippen LogP contribution in [-0.4, -0.2) is 15.0 Å². The van der Waals surface area contributed by atoms with Gasteiger partial charge in [-0.2, -0.15) is 0 Å². The van der Waals surface area contributed by atoms with E-state index in [1.165, 1.54) is 0 Å². The normalized spacial score (nSPS) is 13.2. The first-order valence-corrected chi connectivity index (χ1v) is 16.9. The maximum Gasteiger partial charge on any atom is 0.164 e. The van der Waals surface area contributed by atoms with Crippen molar-refractivity contribution in [1.29, 1.82) is 0 Å². The first-order chi connectivity index (χ1) is 27.8. The maximum atomic E-state index is 8.81. The average Bonchev–Trinajstić information content (AvgIpc) is 3.83. The molecule has 3 aromatic heterocycles. The summed E-state index contributed by atoms with van der Waals surface area (Å²) in [4.78, 5) is 14.7. The Kier molecular flexibility index (Phi) is 5.19. The Balaban J connectivity index is 1.17. The van der Waals surface area contributed by atoms with Crippen LogP contribution in [0.4, 0.5) is 0 Å². The molecule has 11 rings (SSSR count). The second-order valence-electron chi connectivity index (χ2n) is 12.8. The zero-order valence-electron chi connectivity index (χ0n) is 32.4. The number of rotatable bonds is 4. The fourth-order valence-corrected chi connectivity index (χ4v) is 7.52. The topological polar surface area (TPSA) is 65.0 Å². The number of aromatic nitrogens is 3. The molecule has 0 amide bonds. The van der Waals surface area contributed by atoms with Gasteiger partial charge in [-0.05, 0) is 69.1 Å². The van der Waals surface area contributed by atoms with Gasteiger partial charge in [0.25, 0.3) is 0 Å². The molecule has 0 fully saturated rings. The second kappa shape index (κ2) is 11.2. The number of hydrogen-bond donors (Lipinski definition) is 0. The van der Waals surface area contributed by atoms with Gasteiger partial charge < -0.3 is 8.83 Å². The highest BCUT2D eigenvalue weighted by Gasteiger charge is 2.20. The third kappa shape index (κ3) is 4.39. The van der Waals surface area contributed by atoms with E-state index in [4.69, 9.17) is 30.6 Å². The van der Waals surface area contributed by atoms with Gasteiger partial charge in [0.15, 0.2) is 17.5 Å². The zero-order valence-corrected chi connectivity index (χ0v) is 27.4. The van der Waals surface area contributed by atoms with Crippen LogP contribution in [0.2, 0.25) is 0 Å². The van der Waals surface area contributed by atoms with Gasteiger partial charge in [0.2, 0.25) is 0 Å². The second-order valence-corrected chi connectivity index (χ2v) is 12.8. The predicted molar refractivity (Wildman–Crippen MR) is 211 cm³/mol. The number of fused-ring (bicyclic) bond motifs is 9. The van der Waals surface area contributed by atoms with Gasteiger partial charge in [-0.25, -0.2) is 15.0 Å². The van der Waals surface area contributed by atoms with Crippen LogP contribution in [0.5, 0.6) is 0 Å². The van der Waals surface area contributed by atoms with Crippen LogP contribution in [0, 0.1) is 0 Å². The Bertz CT molecular complexity index is 3470. The Morgan fingerprint density at radius 3 is 1.90 bits per heavy atom. The summed E-state index contributed by atoms with van der Waals surface area (Å²) in [6.45, 7) is 0. The van der Waals surface area contributed by atoms with E-state index in [-0.39, 0.29) is 23.0 Å². The van der Waals surface area contributed by atoms with E-state index < -0.39 is 30.2 Å². The van der Waals surface area contributed by atoms with Crippen molar-refractivity contribution in [1.82, 2.24) is 15.0 Å². The molecule has 3 heterocycles. The summed E-state index contributed by atoms with van der Waals surface area (Å²) in [7, 11) is 0. The molecule has 0 aliphatic heterocycles. The molecule has 0 unspecified atom stereocenters. The molecule has 5 nitrogen and oxygen atoms in total. The van der Waals surface area contributed by atoms with E-state index in [0.717, 1.165) is 59.8 Å². The average molecular weight is 671 g/mol. The number of hydrogen-bond acceptors (Lipinski definition) is 5. The number of para-hydroxylation sites is 1. The zero-order chi connectivity index (χ0) is 38.5. The van der Waals surface area contributed by atoms with E-state index >= 15 is 0 Å².